The highest BCUT2D eigenvalue weighted by Gasteiger charge is 2.32. The van der Waals surface area contributed by atoms with Crippen LogP contribution in [0.25, 0.3) is 5.69 Å². The molecule has 146 valence electrons. The number of alkyl halides is 3. The second-order valence-corrected chi connectivity index (χ2v) is 6.53. The zero-order valence-electron chi connectivity index (χ0n) is 14.7. The van der Waals surface area contributed by atoms with Gasteiger partial charge in [-0.25, -0.2) is 9.48 Å². The minimum atomic E-state index is -4.45. The summed E-state index contributed by atoms with van der Waals surface area (Å²) in [6.45, 7) is 1.14. The number of halogens is 3. The first-order valence-corrected chi connectivity index (χ1v) is 8.67. The molecule has 1 saturated heterocycles. The number of anilines is 1. The molecule has 10 heteroatoms. The van der Waals surface area contributed by atoms with Crippen molar-refractivity contribution in [3.8, 4) is 5.69 Å². The van der Waals surface area contributed by atoms with Crippen molar-refractivity contribution in [1.82, 2.24) is 24.5 Å². The maximum absolute atomic E-state index is 12.8. The zero-order chi connectivity index (χ0) is 19.7. The molecule has 4 rings (SSSR count). The summed E-state index contributed by atoms with van der Waals surface area (Å²) in [7, 11) is 0. The third-order valence-corrected chi connectivity index (χ3v) is 4.62. The van der Waals surface area contributed by atoms with Gasteiger partial charge in [0.1, 0.15) is 0 Å². The highest BCUT2D eigenvalue weighted by atomic mass is 19.4. The first-order chi connectivity index (χ1) is 13.4. The van der Waals surface area contributed by atoms with Crippen LogP contribution in [-0.2, 0) is 6.18 Å². The lowest BCUT2D eigenvalue weighted by molar-refractivity contribution is -0.137. The molecule has 2 amide bonds. The molecule has 1 unspecified atom stereocenters. The highest BCUT2D eigenvalue weighted by molar-refractivity contribution is 5.89. The molecule has 2 aromatic heterocycles. The number of carbonyl (C=O) groups is 1. The molecule has 1 aliphatic rings. The van der Waals surface area contributed by atoms with Gasteiger partial charge in [-0.05, 0) is 30.7 Å². The van der Waals surface area contributed by atoms with E-state index in [1.807, 2.05) is 16.9 Å². The molecule has 0 spiro atoms. The maximum Gasteiger partial charge on any atom is 0.419 e. The van der Waals surface area contributed by atoms with E-state index in [-0.39, 0.29) is 12.1 Å². The first kappa shape index (κ1) is 18.1. The van der Waals surface area contributed by atoms with E-state index in [1.54, 1.807) is 35.4 Å². The number of urea groups is 1. The van der Waals surface area contributed by atoms with E-state index in [2.05, 4.69) is 15.5 Å². The summed E-state index contributed by atoms with van der Waals surface area (Å²) in [4.78, 5) is 14.2. The van der Waals surface area contributed by atoms with Gasteiger partial charge in [-0.3, -0.25) is 4.68 Å². The van der Waals surface area contributed by atoms with Crippen LogP contribution in [-0.4, -0.2) is 43.6 Å². The van der Waals surface area contributed by atoms with Gasteiger partial charge in [0.25, 0.3) is 0 Å². The van der Waals surface area contributed by atoms with Gasteiger partial charge in [0, 0.05) is 37.4 Å². The van der Waals surface area contributed by atoms with Crippen LogP contribution in [0.1, 0.15) is 18.0 Å². The number of carbonyl (C=O) groups excluding carboxylic acids is 1. The molecule has 3 aromatic rings. The third-order valence-electron chi connectivity index (χ3n) is 4.62. The lowest BCUT2D eigenvalue weighted by Gasteiger charge is -2.18. The molecule has 0 aliphatic carbocycles. The van der Waals surface area contributed by atoms with E-state index in [0.717, 1.165) is 23.5 Å². The van der Waals surface area contributed by atoms with Gasteiger partial charge in [0.2, 0.25) is 0 Å². The van der Waals surface area contributed by atoms with Crippen molar-refractivity contribution in [2.24, 2.45) is 0 Å². The molecule has 0 bridgehead atoms. The van der Waals surface area contributed by atoms with Gasteiger partial charge < -0.3 is 10.2 Å². The number of nitrogens with zero attached hydrogens (tertiary/aromatic N) is 5. The SMILES string of the molecule is O=C(Nc1cccc(-n2cc(C(F)(F)F)cn2)c1)N1CCC(n2cccn2)C1. The predicted octanol–water partition coefficient (Wildman–Crippen LogP) is 3.57. The van der Waals surface area contributed by atoms with Gasteiger partial charge in [0.15, 0.2) is 0 Å². The van der Waals surface area contributed by atoms with Crippen molar-refractivity contribution in [3.05, 3.63) is 60.7 Å². The van der Waals surface area contributed by atoms with Crippen LogP contribution in [0.5, 0.6) is 0 Å². The average Bonchev–Trinajstić information content (AvgIpc) is 3.41. The number of nitrogens with one attached hydrogen (secondary N) is 1. The molecule has 1 atom stereocenters. The van der Waals surface area contributed by atoms with E-state index in [0.29, 0.717) is 24.5 Å². The third kappa shape index (κ3) is 3.71. The molecule has 28 heavy (non-hydrogen) atoms. The summed E-state index contributed by atoms with van der Waals surface area (Å²) < 4.78 is 41.2. The highest BCUT2D eigenvalue weighted by Crippen LogP contribution is 2.29. The second kappa shape index (κ2) is 7.02. The van der Waals surface area contributed by atoms with E-state index >= 15 is 0 Å². The Morgan fingerprint density at radius 2 is 2.07 bits per heavy atom. The molecule has 1 fully saturated rings. The Balaban J connectivity index is 1.44. The molecule has 7 nitrogen and oxygen atoms in total. The molecule has 1 aliphatic heterocycles. The molecular weight excluding hydrogens is 373 g/mol. The van der Waals surface area contributed by atoms with Gasteiger partial charge >= 0.3 is 12.2 Å². The van der Waals surface area contributed by atoms with E-state index in [1.165, 1.54) is 0 Å². The fourth-order valence-corrected chi connectivity index (χ4v) is 3.18. The van der Waals surface area contributed by atoms with Crippen molar-refractivity contribution < 1.29 is 18.0 Å². The van der Waals surface area contributed by atoms with Crippen molar-refractivity contribution in [2.75, 3.05) is 18.4 Å². The molecular formula is C18H17F3N6O. The Bertz CT molecular complexity index is 966. The monoisotopic (exact) mass is 390 g/mol. The summed E-state index contributed by atoms with van der Waals surface area (Å²) in [6.07, 6.45) is 1.61. The Kier molecular flexibility index (Phi) is 4.54. The summed E-state index contributed by atoms with van der Waals surface area (Å²) in [5.41, 5.74) is 0.0712. The number of amides is 2. The number of hydrogen-bond donors (Lipinski definition) is 1. The first-order valence-electron chi connectivity index (χ1n) is 8.67. The summed E-state index contributed by atoms with van der Waals surface area (Å²) >= 11 is 0. The fraction of sp³-hybridized carbons (Fsp3) is 0.278. The number of hydrogen-bond acceptors (Lipinski definition) is 3. The Morgan fingerprint density at radius 1 is 1.21 bits per heavy atom. The van der Waals surface area contributed by atoms with Gasteiger partial charge in [0.05, 0.1) is 23.5 Å². The van der Waals surface area contributed by atoms with Gasteiger partial charge in [-0.1, -0.05) is 6.07 Å². The summed E-state index contributed by atoms with van der Waals surface area (Å²) in [5.74, 6) is 0. The standard InChI is InChI=1S/C18H17F3N6O/c19-18(20,21)13-10-23-27(11-13)15-4-1-3-14(9-15)24-17(28)25-8-5-16(12-25)26-7-2-6-22-26/h1-4,6-7,9-11,16H,5,8,12H2,(H,24,28). The summed E-state index contributed by atoms with van der Waals surface area (Å²) in [6, 6.07) is 8.24. The van der Waals surface area contributed by atoms with E-state index < -0.39 is 11.7 Å². The number of rotatable bonds is 3. The van der Waals surface area contributed by atoms with Crippen molar-refractivity contribution in [3.63, 3.8) is 0 Å². The predicted molar refractivity (Wildman–Crippen MR) is 95.0 cm³/mol. The number of aromatic nitrogens is 4. The van der Waals surface area contributed by atoms with Crippen LogP contribution >= 0.6 is 0 Å². The van der Waals surface area contributed by atoms with Crippen LogP contribution in [0.4, 0.5) is 23.7 Å². The number of likely N-dealkylation sites (tertiary alicyclic amines) is 1. The van der Waals surface area contributed by atoms with Crippen LogP contribution in [0.3, 0.4) is 0 Å². The lowest BCUT2D eigenvalue weighted by Crippen LogP contribution is -2.33. The van der Waals surface area contributed by atoms with Crippen LogP contribution in [0.15, 0.2) is 55.1 Å². The Morgan fingerprint density at radius 3 is 2.79 bits per heavy atom. The fourth-order valence-electron chi connectivity index (χ4n) is 3.18. The van der Waals surface area contributed by atoms with Crippen molar-refractivity contribution in [1.29, 1.82) is 0 Å². The Hall–Kier alpha value is -3.30. The van der Waals surface area contributed by atoms with Crippen molar-refractivity contribution in [2.45, 2.75) is 18.6 Å². The zero-order valence-corrected chi connectivity index (χ0v) is 14.7. The molecule has 3 heterocycles. The molecule has 1 aromatic carbocycles. The molecule has 0 radical (unpaired) electrons. The largest absolute Gasteiger partial charge is 0.419 e. The Labute approximate surface area is 158 Å². The van der Waals surface area contributed by atoms with Gasteiger partial charge in [-0.2, -0.15) is 23.4 Å². The number of benzene rings is 1. The average molecular weight is 390 g/mol. The van der Waals surface area contributed by atoms with E-state index in [4.69, 9.17) is 0 Å². The van der Waals surface area contributed by atoms with Gasteiger partial charge in [-0.15, -0.1) is 0 Å². The van der Waals surface area contributed by atoms with Crippen LogP contribution in [0, 0.1) is 0 Å². The molecule has 1 N–H and O–H groups in total. The maximum atomic E-state index is 12.8. The second-order valence-electron chi connectivity index (χ2n) is 6.53. The normalized spacial score (nSPS) is 17.1. The minimum absolute atomic E-state index is 0.136. The topological polar surface area (TPSA) is 68.0 Å². The molecule has 0 saturated carbocycles. The smallest absolute Gasteiger partial charge is 0.322 e. The van der Waals surface area contributed by atoms with Crippen LogP contribution in [0.2, 0.25) is 0 Å². The van der Waals surface area contributed by atoms with Crippen molar-refractivity contribution >= 4 is 11.7 Å². The quantitative estimate of drug-likeness (QED) is 0.744. The van der Waals surface area contributed by atoms with E-state index in [9.17, 15) is 18.0 Å². The summed E-state index contributed by atoms with van der Waals surface area (Å²) in [5, 5.41) is 10.8. The van der Waals surface area contributed by atoms with Crippen LogP contribution < -0.4 is 5.32 Å². The minimum Gasteiger partial charge on any atom is -0.322 e. The lowest BCUT2D eigenvalue weighted by atomic mass is 10.2.